The molecule has 0 aromatic rings. The van der Waals surface area contributed by atoms with Crippen LogP contribution >= 0.6 is 0 Å². The highest BCUT2D eigenvalue weighted by atomic mass is 16.5. The summed E-state index contributed by atoms with van der Waals surface area (Å²) in [7, 11) is 0. The van der Waals surface area contributed by atoms with Gasteiger partial charge in [0.05, 0.1) is 6.10 Å². The van der Waals surface area contributed by atoms with E-state index in [9.17, 15) is 0 Å². The Balaban J connectivity index is 0.000000490. The molecule has 0 bridgehead atoms. The van der Waals surface area contributed by atoms with Gasteiger partial charge in [-0.2, -0.15) is 0 Å². The van der Waals surface area contributed by atoms with Crippen LogP contribution in [-0.4, -0.2) is 12.7 Å². The van der Waals surface area contributed by atoms with Crippen molar-refractivity contribution in [1.82, 2.24) is 0 Å². The van der Waals surface area contributed by atoms with Gasteiger partial charge >= 0.3 is 0 Å². The molecule has 1 fully saturated rings. The van der Waals surface area contributed by atoms with Gasteiger partial charge in [0.1, 0.15) is 0 Å². The third-order valence-corrected chi connectivity index (χ3v) is 1.08. The normalized spacial score (nSPS) is 17.6. The highest BCUT2D eigenvalue weighted by Gasteiger charge is 2.20. The van der Waals surface area contributed by atoms with Crippen molar-refractivity contribution < 1.29 is 4.74 Å². The van der Waals surface area contributed by atoms with Gasteiger partial charge in [0.25, 0.3) is 0 Å². The van der Waals surface area contributed by atoms with Crippen molar-refractivity contribution in [3.63, 3.8) is 0 Å². The van der Waals surface area contributed by atoms with Gasteiger partial charge in [0.2, 0.25) is 0 Å². The Morgan fingerprint density at radius 3 is 2.50 bits per heavy atom. The van der Waals surface area contributed by atoms with E-state index in [2.05, 4.69) is 6.92 Å². The minimum Gasteiger partial charge on any atom is -0.378 e. The summed E-state index contributed by atoms with van der Waals surface area (Å²) in [6, 6.07) is 0. The smallest absolute Gasteiger partial charge is 0.0577 e. The Hall–Kier alpha value is -0.0400. The molecule has 0 aromatic carbocycles. The molecule has 0 unspecified atom stereocenters. The second kappa shape index (κ2) is 3.90. The first-order valence-corrected chi connectivity index (χ1v) is 3.05. The largest absolute Gasteiger partial charge is 0.378 e. The average Bonchev–Trinajstić information content (AvgIpc) is 2.42. The van der Waals surface area contributed by atoms with Gasteiger partial charge in [-0.05, 0) is 19.3 Å². The van der Waals surface area contributed by atoms with E-state index < -0.39 is 0 Å². The van der Waals surface area contributed by atoms with E-state index in [1.54, 1.807) is 0 Å². The van der Waals surface area contributed by atoms with E-state index in [1.807, 2.05) is 0 Å². The molecule has 0 amide bonds. The first-order chi connectivity index (χ1) is 3.43. The lowest BCUT2D eigenvalue weighted by Gasteiger charge is -1.94. The van der Waals surface area contributed by atoms with Crippen molar-refractivity contribution in [2.45, 2.75) is 39.7 Å². The molecular formula is C7H16O. The van der Waals surface area contributed by atoms with Crippen LogP contribution in [0.4, 0.5) is 0 Å². The Labute approximate surface area is 52.0 Å². The Morgan fingerprint density at radius 1 is 1.50 bits per heavy atom. The van der Waals surface area contributed by atoms with Gasteiger partial charge in [-0.15, -0.1) is 0 Å². The van der Waals surface area contributed by atoms with E-state index in [4.69, 9.17) is 4.74 Å². The van der Waals surface area contributed by atoms with Gasteiger partial charge in [0.15, 0.2) is 0 Å². The second-order valence-electron chi connectivity index (χ2n) is 2.07. The van der Waals surface area contributed by atoms with E-state index >= 15 is 0 Å². The fourth-order valence-corrected chi connectivity index (χ4v) is 0.519. The Kier molecular flexibility index (Phi) is 3.88. The third kappa shape index (κ3) is 3.03. The molecule has 1 aliphatic rings. The first kappa shape index (κ1) is 7.96. The van der Waals surface area contributed by atoms with Gasteiger partial charge in [-0.1, -0.05) is 14.4 Å². The monoisotopic (exact) mass is 116 g/mol. The summed E-state index contributed by atoms with van der Waals surface area (Å²) in [6.45, 7) is 3.10. The summed E-state index contributed by atoms with van der Waals surface area (Å²) in [5.41, 5.74) is 0. The number of ether oxygens (including phenoxy) is 1. The average molecular weight is 116 g/mol. The summed E-state index contributed by atoms with van der Waals surface area (Å²) in [4.78, 5) is 0. The van der Waals surface area contributed by atoms with Crippen molar-refractivity contribution in [1.29, 1.82) is 0 Å². The molecule has 0 atom stereocenters. The molecule has 0 aromatic heterocycles. The molecule has 1 aliphatic carbocycles. The summed E-state index contributed by atoms with van der Waals surface area (Å²) in [5.74, 6) is 0. The molecule has 8 heavy (non-hydrogen) atoms. The predicted octanol–water partition coefficient (Wildman–Crippen LogP) is 2.21. The summed E-state index contributed by atoms with van der Waals surface area (Å²) in [5, 5.41) is 0. The minimum absolute atomic E-state index is 0. The Morgan fingerprint density at radius 2 is 2.12 bits per heavy atom. The summed E-state index contributed by atoms with van der Waals surface area (Å²) >= 11 is 0. The molecule has 0 spiro atoms. The van der Waals surface area contributed by atoms with E-state index in [-0.39, 0.29) is 7.43 Å². The van der Waals surface area contributed by atoms with Crippen LogP contribution in [0.5, 0.6) is 0 Å². The maximum absolute atomic E-state index is 5.30. The number of rotatable bonds is 3. The van der Waals surface area contributed by atoms with Crippen LogP contribution in [0.25, 0.3) is 0 Å². The van der Waals surface area contributed by atoms with Gasteiger partial charge in [-0.25, -0.2) is 0 Å². The molecule has 0 heterocycles. The maximum Gasteiger partial charge on any atom is 0.0577 e. The highest BCUT2D eigenvalue weighted by Crippen LogP contribution is 2.23. The van der Waals surface area contributed by atoms with E-state index in [0.29, 0.717) is 6.10 Å². The van der Waals surface area contributed by atoms with Crippen molar-refractivity contribution in [2.75, 3.05) is 6.61 Å². The highest BCUT2D eigenvalue weighted by molar-refractivity contribution is 4.72. The molecular weight excluding hydrogens is 100 g/mol. The van der Waals surface area contributed by atoms with Crippen LogP contribution in [-0.2, 0) is 4.74 Å². The SMILES string of the molecule is C.CCCOC1CC1. The minimum atomic E-state index is 0. The van der Waals surface area contributed by atoms with Crippen molar-refractivity contribution >= 4 is 0 Å². The number of hydrogen-bond acceptors (Lipinski definition) is 1. The quantitative estimate of drug-likeness (QED) is 0.549. The molecule has 0 saturated heterocycles. The second-order valence-corrected chi connectivity index (χ2v) is 2.07. The zero-order valence-corrected chi connectivity index (χ0v) is 4.81. The Bertz CT molecular complexity index is 48.3. The van der Waals surface area contributed by atoms with Crippen LogP contribution in [0.15, 0.2) is 0 Å². The van der Waals surface area contributed by atoms with Crippen molar-refractivity contribution in [3.8, 4) is 0 Å². The maximum atomic E-state index is 5.30. The van der Waals surface area contributed by atoms with Gasteiger partial charge in [-0.3, -0.25) is 0 Å². The summed E-state index contributed by atoms with van der Waals surface area (Å²) < 4.78 is 5.30. The van der Waals surface area contributed by atoms with Gasteiger partial charge < -0.3 is 4.74 Å². The molecule has 0 N–H and O–H groups in total. The number of hydrogen-bond donors (Lipinski definition) is 0. The lowest BCUT2D eigenvalue weighted by molar-refractivity contribution is 0.120. The zero-order chi connectivity index (χ0) is 5.11. The van der Waals surface area contributed by atoms with Gasteiger partial charge in [0, 0.05) is 6.61 Å². The zero-order valence-electron chi connectivity index (χ0n) is 4.81. The molecule has 1 rings (SSSR count). The van der Waals surface area contributed by atoms with Crippen LogP contribution in [0.3, 0.4) is 0 Å². The van der Waals surface area contributed by atoms with E-state index in [0.717, 1.165) is 13.0 Å². The topological polar surface area (TPSA) is 9.23 Å². The van der Waals surface area contributed by atoms with Crippen LogP contribution in [0.2, 0.25) is 0 Å². The fraction of sp³-hybridized carbons (Fsp3) is 1.00. The lowest BCUT2D eigenvalue weighted by Crippen LogP contribution is -1.92. The van der Waals surface area contributed by atoms with E-state index in [1.165, 1.54) is 12.8 Å². The molecule has 50 valence electrons. The van der Waals surface area contributed by atoms with Crippen molar-refractivity contribution in [3.05, 3.63) is 0 Å². The predicted molar refractivity (Wildman–Crippen MR) is 36.0 cm³/mol. The molecule has 1 heteroatoms. The third-order valence-electron chi connectivity index (χ3n) is 1.08. The standard InChI is InChI=1S/C6H12O.CH4/c1-2-5-7-6-3-4-6;/h6H,2-5H2,1H3;1H4. The van der Waals surface area contributed by atoms with Crippen LogP contribution < -0.4 is 0 Å². The van der Waals surface area contributed by atoms with Crippen LogP contribution in [0.1, 0.15) is 33.6 Å². The molecule has 1 saturated carbocycles. The van der Waals surface area contributed by atoms with Crippen molar-refractivity contribution in [2.24, 2.45) is 0 Å². The van der Waals surface area contributed by atoms with Crippen LogP contribution in [0, 0.1) is 0 Å². The molecule has 0 radical (unpaired) electrons. The first-order valence-electron chi connectivity index (χ1n) is 3.05. The summed E-state index contributed by atoms with van der Waals surface area (Å²) in [6.07, 6.45) is 4.43. The molecule has 1 nitrogen and oxygen atoms in total. The fourth-order valence-electron chi connectivity index (χ4n) is 0.519. The lowest BCUT2D eigenvalue weighted by atomic mass is 10.5. The molecule has 0 aliphatic heterocycles.